The molecule has 5 nitrogen and oxygen atoms in total. The lowest BCUT2D eigenvalue weighted by Crippen LogP contribution is -2.01. The summed E-state index contributed by atoms with van der Waals surface area (Å²) >= 11 is 0. The average molecular weight is 165 g/mol. The number of nitrogens with zero attached hydrogens (tertiary/aromatic N) is 2. The highest BCUT2D eigenvalue weighted by molar-refractivity contribution is 5.69. The predicted octanol–water partition coefficient (Wildman–Crippen LogP) is 0.177. The number of aryl methyl sites for hydroxylation is 1. The Labute approximate surface area is 69.4 Å². The second-order valence-corrected chi connectivity index (χ2v) is 2.71. The van der Waals surface area contributed by atoms with Gasteiger partial charge < -0.3 is 10.7 Å². The smallest absolute Gasteiger partial charge is 0.173 e. The predicted molar refractivity (Wildman–Crippen MR) is 45.6 cm³/mol. The van der Waals surface area contributed by atoms with Crippen molar-refractivity contribution in [3.63, 3.8) is 0 Å². The molecule has 2 aromatic heterocycles. The van der Waals surface area contributed by atoms with E-state index >= 15 is 0 Å². The first-order valence-electron chi connectivity index (χ1n) is 3.98. The molecule has 0 fully saturated rings. The van der Waals surface area contributed by atoms with Gasteiger partial charge in [0.2, 0.25) is 0 Å². The van der Waals surface area contributed by atoms with Gasteiger partial charge in [0.15, 0.2) is 5.65 Å². The largest absolute Gasteiger partial charge is 0.339 e. The molecule has 0 amide bonds. The van der Waals surface area contributed by atoms with Crippen molar-refractivity contribution in [1.82, 2.24) is 20.2 Å². The minimum Gasteiger partial charge on any atom is -0.339 e. The van der Waals surface area contributed by atoms with Crippen LogP contribution in [0, 0.1) is 0 Å². The van der Waals surface area contributed by atoms with Gasteiger partial charge in [-0.25, -0.2) is 4.98 Å². The molecule has 2 aromatic rings. The van der Waals surface area contributed by atoms with Crippen LogP contribution in [-0.4, -0.2) is 26.7 Å². The van der Waals surface area contributed by atoms with Gasteiger partial charge in [-0.2, -0.15) is 5.10 Å². The molecule has 4 N–H and O–H groups in total. The topological polar surface area (TPSA) is 83.4 Å². The average Bonchev–Trinajstić information content (AvgIpc) is 2.58. The van der Waals surface area contributed by atoms with E-state index in [0.29, 0.717) is 6.54 Å². The molecule has 64 valence electrons. The number of fused-ring (bicyclic) bond motifs is 1. The number of aromatic nitrogens is 4. The summed E-state index contributed by atoms with van der Waals surface area (Å²) in [4.78, 5) is 7.43. The van der Waals surface area contributed by atoms with Gasteiger partial charge in [0.1, 0.15) is 11.3 Å². The number of nitrogens with two attached hydrogens (primary N) is 1. The number of rotatable bonds is 3. The third kappa shape index (κ3) is 1.18. The van der Waals surface area contributed by atoms with Crippen LogP contribution in [0.5, 0.6) is 0 Å². The molecule has 5 heteroatoms. The van der Waals surface area contributed by atoms with Gasteiger partial charge in [0.25, 0.3) is 0 Å². The first-order chi connectivity index (χ1) is 5.90. The third-order valence-electron chi connectivity index (χ3n) is 1.76. The van der Waals surface area contributed by atoms with Crippen LogP contribution in [0.4, 0.5) is 0 Å². The molecule has 0 saturated carbocycles. The van der Waals surface area contributed by atoms with Crippen LogP contribution >= 0.6 is 0 Å². The molecule has 0 radical (unpaired) electrons. The molecule has 0 aliphatic rings. The Bertz CT molecular complexity index is 332. The molecule has 0 aliphatic heterocycles. The molecule has 2 rings (SSSR count). The fraction of sp³-hybridized carbons (Fsp3) is 0.429. The lowest BCUT2D eigenvalue weighted by Gasteiger charge is -1.91. The Morgan fingerprint density at radius 3 is 3.17 bits per heavy atom. The van der Waals surface area contributed by atoms with Gasteiger partial charge in [-0.1, -0.05) is 0 Å². The summed E-state index contributed by atoms with van der Waals surface area (Å²) in [5.74, 6) is 0.976. The molecular formula is C7H11N5. The first-order valence-corrected chi connectivity index (χ1v) is 3.98. The van der Waals surface area contributed by atoms with Gasteiger partial charge in [0, 0.05) is 6.42 Å². The van der Waals surface area contributed by atoms with Gasteiger partial charge in [-0.15, -0.1) is 0 Å². The fourth-order valence-electron chi connectivity index (χ4n) is 1.16. The fourth-order valence-corrected chi connectivity index (χ4v) is 1.16. The Hall–Kier alpha value is -1.36. The number of aromatic amines is 2. The molecule has 0 bridgehead atoms. The molecular weight excluding hydrogens is 154 g/mol. The van der Waals surface area contributed by atoms with Crippen molar-refractivity contribution >= 4 is 11.2 Å². The van der Waals surface area contributed by atoms with Gasteiger partial charge >= 0.3 is 0 Å². The molecule has 0 spiro atoms. The van der Waals surface area contributed by atoms with Gasteiger partial charge in [-0.3, -0.25) is 5.10 Å². The normalized spacial score (nSPS) is 11.1. The van der Waals surface area contributed by atoms with Crippen molar-refractivity contribution in [3.8, 4) is 0 Å². The number of H-pyrrole nitrogens is 2. The zero-order valence-electron chi connectivity index (χ0n) is 6.67. The SMILES string of the molecule is NCCCc1nc2[nH]ncc2[nH]1. The summed E-state index contributed by atoms with van der Waals surface area (Å²) in [6.07, 6.45) is 3.59. The number of nitrogens with one attached hydrogen (secondary N) is 2. The van der Waals surface area contributed by atoms with Gasteiger partial charge in [-0.05, 0) is 13.0 Å². The summed E-state index contributed by atoms with van der Waals surface area (Å²) in [6.45, 7) is 0.701. The molecule has 0 saturated heterocycles. The van der Waals surface area contributed by atoms with Crippen molar-refractivity contribution in [2.24, 2.45) is 5.73 Å². The molecule has 0 unspecified atom stereocenters. The maximum absolute atomic E-state index is 5.38. The van der Waals surface area contributed by atoms with Crippen molar-refractivity contribution in [1.29, 1.82) is 0 Å². The van der Waals surface area contributed by atoms with Crippen LogP contribution in [0.1, 0.15) is 12.2 Å². The Balaban J connectivity index is 2.21. The van der Waals surface area contributed by atoms with Crippen LogP contribution in [0.2, 0.25) is 0 Å². The first kappa shape index (κ1) is 7.30. The highest BCUT2D eigenvalue weighted by atomic mass is 15.2. The summed E-state index contributed by atoms with van der Waals surface area (Å²) in [5.41, 5.74) is 7.17. The monoisotopic (exact) mass is 165 g/mol. The number of hydrogen-bond donors (Lipinski definition) is 3. The van der Waals surface area contributed by atoms with Crippen molar-refractivity contribution in [2.45, 2.75) is 12.8 Å². The van der Waals surface area contributed by atoms with Crippen molar-refractivity contribution in [2.75, 3.05) is 6.54 Å². The van der Waals surface area contributed by atoms with Crippen LogP contribution < -0.4 is 5.73 Å². The summed E-state index contributed by atoms with van der Waals surface area (Å²) in [7, 11) is 0. The van der Waals surface area contributed by atoms with Crippen molar-refractivity contribution in [3.05, 3.63) is 12.0 Å². The van der Waals surface area contributed by atoms with E-state index in [1.165, 1.54) is 0 Å². The van der Waals surface area contributed by atoms with E-state index in [1.807, 2.05) is 0 Å². The zero-order chi connectivity index (χ0) is 8.39. The second kappa shape index (κ2) is 2.94. The Morgan fingerprint density at radius 2 is 2.42 bits per heavy atom. The molecule has 0 atom stereocenters. The van der Waals surface area contributed by atoms with Crippen LogP contribution in [0.25, 0.3) is 11.2 Å². The van der Waals surface area contributed by atoms with E-state index in [4.69, 9.17) is 5.73 Å². The lowest BCUT2D eigenvalue weighted by molar-refractivity contribution is 0.795. The van der Waals surface area contributed by atoms with Crippen LogP contribution in [-0.2, 0) is 6.42 Å². The zero-order valence-corrected chi connectivity index (χ0v) is 6.67. The van der Waals surface area contributed by atoms with E-state index in [2.05, 4.69) is 20.2 Å². The maximum Gasteiger partial charge on any atom is 0.173 e. The van der Waals surface area contributed by atoms with E-state index in [-0.39, 0.29) is 0 Å². The number of hydrogen-bond acceptors (Lipinski definition) is 3. The molecule has 2 heterocycles. The van der Waals surface area contributed by atoms with Crippen LogP contribution in [0.3, 0.4) is 0 Å². The standard InChI is InChI=1S/C7H11N5/c8-3-1-2-6-10-5-4-9-12-7(5)11-6/h4H,1-3,8H2,(H2,9,10,11,12). The highest BCUT2D eigenvalue weighted by Crippen LogP contribution is 2.07. The van der Waals surface area contributed by atoms with Crippen LogP contribution in [0.15, 0.2) is 6.20 Å². The minimum atomic E-state index is 0.701. The lowest BCUT2D eigenvalue weighted by atomic mass is 10.3. The van der Waals surface area contributed by atoms with E-state index in [9.17, 15) is 0 Å². The van der Waals surface area contributed by atoms with E-state index < -0.39 is 0 Å². The van der Waals surface area contributed by atoms with E-state index in [1.54, 1.807) is 6.20 Å². The molecule has 0 aliphatic carbocycles. The Morgan fingerprint density at radius 1 is 1.50 bits per heavy atom. The quantitative estimate of drug-likeness (QED) is 0.606. The maximum atomic E-state index is 5.38. The highest BCUT2D eigenvalue weighted by Gasteiger charge is 2.02. The van der Waals surface area contributed by atoms with Crippen molar-refractivity contribution < 1.29 is 0 Å². The summed E-state index contributed by atoms with van der Waals surface area (Å²) in [6, 6.07) is 0. The number of imidazole rings is 1. The van der Waals surface area contributed by atoms with E-state index in [0.717, 1.165) is 29.8 Å². The second-order valence-electron chi connectivity index (χ2n) is 2.71. The molecule has 12 heavy (non-hydrogen) atoms. The third-order valence-corrected chi connectivity index (χ3v) is 1.76. The van der Waals surface area contributed by atoms with Gasteiger partial charge in [0.05, 0.1) is 6.20 Å². The summed E-state index contributed by atoms with van der Waals surface area (Å²) in [5, 5.41) is 6.63. The summed E-state index contributed by atoms with van der Waals surface area (Å²) < 4.78 is 0. The molecule has 0 aromatic carbocycles. The Kier molecular flexibility index (Phi) is 1.79. The minimum absolute atomic E-state index is 0.701.